The van der Waals surface area contributed by atoms with E-state index >= 15 is 0 Å². The van der Waals surface area contributed by atoms with Gasteiger partial charge in [-0.1, -0.05) is 12.1 Å². The van der Waals surface area contributed by atoms with Gasteiger partial charge in [0.15, 0.2) is 17.2 Å². The van der Waals surface area contributed by atoms with Crippen molar-refractivity contribution in [3.63, 3.8) is 0 Å². The van der Waals surface area contributed by atoms with Gasteiger partial charge in [-0.3, -0.25) is 4.79 Å². The van der Waals surface area contributed by atoms with Crippen LogP contribution in [-0.2, 0) is 16.1 Å². The van der Waals surface area contributed by atoms with Gasteiger partial charge in [-0.05, 0) is 70.0 Å². The Morgan fingerprint density at radius 2 is 1.80 bits per heavy atom. The van der Waals surface area contributed by atoms with Crippen molar-refractivity contribution in [2.75, 3.05) is 13.7 Å². The van der Waals surface area contributed by atoms with Crippen molar-refractivity contribution in [1.82, 2.24) is 4.48 Å². The van der Waals surface area contributed by atoms with Gasteiger partial charge in [0.25, 0.3) is 0 Å². The average molecular weight is 606 g/mol. The maximum atomic E-state index is 11.5. The van der Waals surface area contributed by atoms with Gasteiger partial charge in [0.1, 0.15) is 18.9 Å². The molecule has 0 unspecified atom stereocenters. The molecule has 0 N–H and O–H groups in total. The summed E-state index contributed by atoms with van der Waals surface area (Å²) in [4.78, 5) is 11.5. The van der Waals surface area contributed by atoms with E-state index in [2.05, 4.69) is 82.2 Å². The van der Waals surface area contributed by atoms with Crippen LogP contribution in [0.3, 0.4) is 0 Å². The molecule has 9 heteroatoms. The lowest BCUT2D eigenvalue weighted by Crippen LogP contribution is -2.53. The Balaban J connectivity index is 1.89. The van der Waals surface area contributed by atoms with E-state index in [0.29, 0.717) is 18.1 Å². The Labute approximate surface area is 223 Å². The van der Waals surface area contributed by atoms with Crippen LogP contribution in [0, 0.1) is 13.8 Å². The van der Waals surface area contributed by atoms with Crippen LogP contribution in [-0.4, -0.2) is 40.8 Å². The normalized spacial score (nSPS) is 16.5. The van der Waals surface area contributed by atoms with E-state index in [9.17, 15) is 4.79 Å². The van der Waals surface area contributed by atoms with Gasteiger partial charge in [0.2, 0.25) is 0 Å². The van der Waals surface area contributed by atoms with Crippen LogP contribution >= 0.6 is 31.9 Å². The van der Waals surface area contributed by atoms with Crippen LogP contribution in [0.1, 0.15) is 43.3 Å². The van der Waals surface area contributed by atoms with E-state index < -0.39 is 6.42 Å². The number of fused-ring (bicyclic) bond motifs is 2. The van der Waals surface area contributed by atoms with E-state index in [4.69, 9.17) is 14.2 Å². The van der Waals surface area contributed by atoms with Crippen LogP contribution in [0.2, 0.25) is 13.6 Å². The third-order valence-corrected chi connectivity index (χ3v) is 9.45. The largest absolute Gasteiger partial charge is 0.493 e. The minimum absolute atomic E-state index is 0.119. The molecule has 3 heterocycles. The third-order valence-electron chi connectivity index (χ3n) is 7.12. The zero-order valence-corrected chi connectivity index (χ0v) is 24.7. The highest BCUT2D eigenvalue weighted by molar-refractivity contribution is 9.12. The first-order valence-electron chi connectivity index (χ1n) is 11.7. The van der Waals surface area contributed by atoms with Gasteiger partial charge in [-0.15, -0.1) is 13.6 Å². The third kappa shape index (κ3) is 4.00. The first kappa shape index (κ1) is 25.8. The molecule has 2 aliphatic heterocycles. The zero-order valence-electron chi connectivity index (χ0n) is 21.5. The topological polar surface area (TPSA) is 52.7 Å². The molecule has 0 spiro atoms. The summed E-state index contributed by atoms with van der Waals surface area (Å²) in [5.41, 5.74) is 8.99. The summed E-state index contributed by atoms with van der Waals surface area (Å²) in [6.45, 7) is 15.1. The summed E-state index contributed by atoms with van der Waals surface area (Å²) in [6, 6.07) is 5.62. The van der Waals surface area contributed by atoms with Crippen molar-refractivity contribution in [3.05, 3.63) is 60.9 Å². The highest BCUT2D eigenvalue weighted by atomic mass is 79.9. The summed E-state index contributed by atoms with van der Waals surface area (Å²) in [5.74, 6) is 0.842. The van der Waals surface area contributed by atoms with E-state index in [0.717, 1.165) is 20.1 Å². The number of halogens is 2. The molecule has 0 radical (unpaired) electrons. The minimum atomic E-state index is -1.13. The molecule has 4 rings (SSSR count). The van der Waals surface area contributed by atoms with Crippen molar-refractivity contribution in [2.24, 2.45) is 0 Å². The molecule has 0 amide bonds. The molecule has 35 heavy (non-hydrogen) atoms. The highest BCUT2D eigenvalue weighted by Crippen LogP contribution is 2.46. The van der Waals surface area contributed by atoms with Crippen LogP contribution in [0.5, 0.6) is 11.5 Å². The molecule has 1 aromatic heterocycles. The first-order valence-corrected chi connectivity index (χ1v) is 13.3. The van der Waals surface area contributed by atoms with Gasteiger partial charge in [-0.25, -0.2) is 0 Å². The van der Waals surface area contributed by atoms with Gasteiger partial charge in [0.05, 0.1) is 17.2 Å². The van der Waals surface area contributed by atoms with Crippen molar-refractivity contribution in [3.8, 4) is 11.5 Å². The highest BCUT2D eigenvalue weighted by Gasteiger charge is 2.47. The Bertz CT molecular complexity index is 1350. The van der Waals surface area contributed by atoms with E-state index in [-0.39, 0.29) is 12.6 Å². The number of hydrogen-bond donors (Lipinski definition) is 0. The second-order valence-corrected chi connectivity index (χ2v) is 11.3. The van der Waals surface area contributed by atoms with Crippen LogP contribution in [0.15, 0.2) is 38.4 Å². The molecule has 0 bridgehead atoms. The maximum Gasteiger partial charge on any atom is 0.373 e. The molecule has 0 saturated heterocycles. The SMILES string of the molecule is COc1cccc(COC(C)=O)c1OCC1=C2C(C)=C(Br)C(C)=[N+]2[B-](C)(C)n2c(C)c(Br)c(C)c21. The summed E-state index contributed by atoms with van der Waals surface area (Å²) in [5, 5.41) is 0. The lowest BCUT2D eigenvalue weighted by molar-refractivity contribution is -0.336. The number of hydrogen-bond acceptors (Lipinski definition) is 4. The Morgan fingerprint density at radius 3 is 2.43 bits per heavy atom. The second kappa shape index (κ2) is 9.32. The lowest BCUT2D eigenvalue weighted by atomic mass is 9.48. The van der Waals surface area contributed by atoms with E-state index in [1.807, 2.05) is 18.2 Å². The van der Waals surface area contributed by atoms with Crippen LogP contribution in [0.4, 0.5) is 0 Å². The van der Waals surface area contributed by atoms with Gasteiger partial charge < -0.3 is 23.2 Å². The van der Waals surface area contributed by atoms with Gasteiger partial charge in [-0.2, -0.15) is 0 Å². The molecule has 0 atom stereocenters. The van der Waals surface area contributed by atoms with Gasteiger partial charge in [0, 0.05) is 35.2 Å². The summed E-state index contributed by atoms with van der Waals surface area (Å²) in [6.07, 6.45) is -1.13. The van der Waals surface area contributed by atoms with E-state index in [1.54, 1.807) is 7.11 Å². The number of rotatable bonds is 6. The number of methoxy groups -OCH3 is 1. The summed E-state index contributed by atoms with van der Waals surface area (Å²) >= 11 is 7.67. The smallest absolute Gasteiger partial charge is 0.373 e. The van der Waals surface area contributed by atoms with Gasteiger partial charge >= 0.3 is 12.4 Å². The number of nitrogens with zero attached hydrogens (tertiary/aromatic N) is 2. The Kier molecular flexibility index (Phi) is 6.88. The fourth-order valence-electron chi connectivity index (χ4n) is 5.67. The molecular weight excluding hydrogens is 575 g/mol. The molecule has 186 valence electrons. The number of benzene rings is 1. The molecule has 0 aliphatic carbocycles. The van der Waals surface area contributed by atoms with E-state index in [1.165, 1.54) is 40.9 Å². The molecule has 1 aromatic carbocycles. The monoisotopic (exact) mass is 604 g/mol. The Morgan fingerprint density at radius 1 is 1.11 bits per heavy atom. The molecular formula is C26H31BBr2N2O4. The number of ether oxygens (including phenoxy) is 3. The quantitative estimate of drug-likeness (QED) is 0.281. The standard InChI is InChI=1S/C26H31BBr2N2O4/c1-14-22(28)16(3)30-24(14)20(25-15(2)23(29)17(4)31(25)27(30,6)7)13-35-26-19(12-34-18(5)32)10-9-11-21(26)33-8/h9-11H,12-13H2,1-8H3. The fraction of sp³-hybridized carbons (Fsp3) is 0.385. The molecule has 0 fully saturated rings. The Hall–Kier alpha value is -2.26. The second-order valence-electron chi connectivity index (χ2n) is 9.71. The van der Waals surface area contributed by atoms with Crippen LogP contribution in [0.25, 0.3) is 5.57 Å². The number of carbonyl (C=O) groups is 1. The van der Waals surface area contributed by atoms with Crippen molar-refractivity contribution in [1.29, 1.82) is 0 Å². The summed E-state index contributed by atoms with van der Waals surface area (Å²) < 4.78 is 24.5. The molecule has 2 aliphatic rings. The number of aromatic nitrogens is 1. The number of esters is 1. The molecule has 0 saturated carbocycles. The van der Waals surface area contributed by atoms with Crippen molar-refractivity contribution >= 4 is 55.5 Å². The van der Waals surface area contributed by atoms with Crippen molar-refractivity contribution in [2.45, 2.75) is 54.9 Å². The number of allylic oxidation sites excluding steroid dienone is 2. The lowest BCUT2D eigenvalue weighted by Gasteiger charge is -2.40. The number of carbonyl (C=O) groups excluding carboxylic acids is 1. The van der Waals surface area contributed by atoms with Crippen LogP contribution < -0.4 is 9.47 Å². The average Bonchev–Trinajstić information content (AvgIpc) is 3.18. The van der Waals surface area contributed by atoms with Crippen molar-refractivity contribution < 1.29 is 23.5 Å². The summed E-state index contributed by atoms with van der Waals surface area (Å²) in [7, 11) is 1.61. The number of para-hydroxylation sites is 1. The fourth-order valence-corrected chi connectivity index (χ4v) is 6.43. The first-order chi connectivity index (χ1) is 16.4. The minimum Gasteiger partial charge on any atom is -0.493 e. The predicted octanol–water partition coefficient (Wildman–Crippen LogP) is 6.45. The maximum absolute atomic E-state index is 11.5. The predicted molar refractivity (Wildman–Crippen MR) is 148 cm³/mol. The molecule has 2 aromatic rings. The molecule has 6 nitrogen and oxygen atoms in total. The zero-order chi connectivity index (χ0) is 25.8.